The fourth-order valence-electron chi connectivity index (χ4n) is 2.52. The van der Waals surface area contributed by atoms with Gasteiger partial charge in [0.2, 0.25) is 0 Å². The molecule has 1 aromatic carbocycles. The van der Waals surface area contributed by atoms with Gasteiger partial charge in [-0.05, 0) is 35.6 Å². The van der Waals surface area contributed by atoms with Crippen molar-refractivity contribution in [2.75, 3.05) is 12.3 Å². The first-order valence-electron chi connectivity index (χ1n) is 6.57. The Bertz CT molecular complexity index is 515. The minimum atomic E-state index is 0.821. The predicted octanol–water partition coefficient (Wildman–Crippen LogP) is 3.22. The summed E-state index contributed by atoms with van der Waals surface area (Å²) in [6.07, 6.45) is 6.57. The van der Waals surface area contributed by atoms with Crippen LogP contribution in [0.15, 0.2) is 36.7 Å². The highest BCUT2D eigenvalue weighted by Crippen LogP contribution is 2.25. The van der Waals surface area contributed by atoms with Crippen molar-refractivity contribution >= 4 is 22.5 Å². The Balaban J connectivity index is 1.66. The average Bonchev–Trinajstić information content (AvgIpc) is 2.92. The third-order valence-corrected chi connectivity index (χ3v) is 4.88. The molecule has 1 saturated heterocycles. The van der Waals surface area contributed by atoms with E-state index in [9.17, 15) is 0 Å². The van der Waals surface area contributed by atoms with Crippen LogP contribution in [0.1, 0.15) is 18.4 Å². The topological polar surface area (TPSA) is 24.9 Å². The fraction of sp³-hybridized carbons (Fsp3) is 0.400. The SMILES string of the molecule is c1cc(CNCC2CCCS2)c2ccncc2c1. The van der Waals surface area contributed by atoms with Crippen molar-refractivity contribution in [3.05, 3.63) is 42.2 Å². The number of hydrogen-bond donors (Lipinski definition) is 1. The predicted molar refractivity (Wildman–Crippen MR) is 78.9 cm³/mol. The van der Waals surface area contributed by atoms with E-state index in [1.54, 1.807) is 0 Å². The van der Waals surface area contributed by atoms with Crippen molar-refractivity contribution in [1.82, 2.24) is 10.3 Å². The van der Waals surface area contributed by atoms with Crippen molar-refractivity contribution in [2.45, 2.75) is 24.6 Å². The van der Waals surface area contributed by atoms with Crippen molar-refractivity contribution in [1.29, 1.82) is 0 Å². The highest BCUT2D eigenvalue weighted by molar-refractivity contribution is 8.00. The lowest BCUT2D eigenvalue weighted by Gasteiger charge is -2.11. The van der Waals surface area contributed by atoms with Gasteiger partial charge in [0, 0.05) is 36.1 Å². The van der Waals surface area contributed by atoms with Gasteiger partial charge in [-0.3, -0.25) is 4.98 Å². The van der Waals surface area contributed by atoms with Gasteiger partial charge in [-0.15, -0.1) is 0 Å². The molecule has 0 aliphatic carbocycles. The molecule has 18 heavy (non-hydrogen) atoms. The van der Waals surface area contributed by atoms with Crippen molar-refractivity contribution in [3.8, 4) is 0 Å². The Hall–Kier alpha value is -1.06. The Morgan fingerprint density at radius 1 is 1.33 bits per heavy atom. The molecule has 1 unspecified atom stereocenters. The summed E-state index contributed by atoms with van der Waals surface area (Å²) in [4.78, 5) is 4.17. The minimum Gasteiger partial charge on any atom is -0.312 e. The number of nitrogens with one attached hydrogen (secondary N) is 1. The minimum absolute atomic E-state index is 0.821. The second-order valence-electron chi connectivity index (χ2n) is 4.78. The van der Waals surface area contributed by atoms with Gasteiger partial charge in [0.05, 0.1) is 0 Å². The van der Waals surface area contributed by atoms with Gasteiger partial charge in [-0.25, -0.2) is 0 Å². The van der Waals surface area contributed by atoms with E-state index < -0.39 is 0 Å². The third-order valence-electron chi connectivity index (χ3n) is 3.48. The van der Waals surface area contributed by atoms with Crippen LogP contribution in [-0.4, -0.2) is 22.5 Å². The van der Waals surface area contributed by atoms with E-state index >= 15 is 0 Å². The molecule has 0 bridgehead atoms. The molecule has 1 aliphatic heterocycles. The van der Waals surface area contributed by atoms with Crippen LogP contribution in [0.25, 0.3) is 10.8 Å². The van der Waals surface area contributed by atoms with E-state index in [1.165, 1.54) is 34.9 Å². The summed E-state index contributed by atoms with van der Waals surface area (Å²) < 4.78 is 0. The largest absolute Gasteiger partial charge is 0.312 e. The van der Waals surface area contributed by atoms with Gasteiger partial charge in [-0.2, -0.15) is 11.8 Å². The molecule has 0 amide bonds. The van der Waals surface area contributed by atoms with Crippen LogP contribution in [0, 0.1) is 0 Å². The maximum Gasteiger partial charge on any atom is 0.0346 e. The number of rotatable bonds is 4. The van der Waals surface area contributed by atoms with Crippen molar-refractivity contribution in [2.24, 2.45) is 0 Å². The zero-order valence-electron chi connectivity index (χ0n) is 10.4. The van der Waals surface area contributed by atoms with Gasteiger partial charge in [0.1, 0.15) is 0 Å². The monoisotopic (exact) mass is 258 g/mol. The van der Waals surface area contributed by atoms with E-state index in [0.717, 1.165) is 18.3 Å². The first kappa shape index (κ1) is 12.0. The molecular weight excluding hydrogens is 240 g/mol. The lowest BCUT2D eigenvalue weighted by Crippen LogP contribution is -2.22. The summed E-state index contributed by atoms with van der Waals surface area (Å²) in [5.41, 5.74) is 1.37. The first-order valence-corrected chi connectivity index (χ1v) is 7.62. The van der Waals surface area contributed by atoms with Crippen LogP contribution < -0.4 is 5.32 Å². The average molecular weight is 258 g/mol. The summed E-state index contributed by atoms with van der Waals surface area (Å²) in [6, 6.07) is 8.55. The van der Waals surface area contributed by atoms with E-state index in [0.29, 0.717) is 0 Å². The number of benzene rings is 1. The zero-order chi connectivity index (χ0) is 12.2. The van der Waals surface area contributed by atoms with E-state index in [1.807, 2.05) is 12.4 Å². The Morgan fingerprint density at radius 2 is 2.33 bits per heavy atom. The molecule has 3 heteroatoms. The molecule has 3 rings (SSSR count). The van der Waals surface area contributed by atoms with Gasteiger partial charge in [0.25, 0.3) is 0 Å². The number of aromatic nitrogens is 1. The number of hydrogen-bond acceptors (Lipinski definition) is 3. The number of nitrogens with zero attached hydrogens (tertiary/aromatic N) is 1. The van der Waals surface area contributed by atoms with Crippen molar-refractivity contribution < 1.29 is 0 Å². The molecule has 1 atom stereocenters. The number of fused-ring (bicyclic) bond motifs is 1. The molecule has 0 spiro atoms. The fourth-order valence-corrected chi connectivity index (χ4v) is 3.75. The van der Waals surface area contributed by atoms with Crippen LogP contribution in [0.4, 0.5) is 0 Å². The lowest BCUT2D eigenvalue weighted by atomic mass is 10.1. The Labute approximate surface area is 112 Å². The molecular formula is C15H18N2S. The Kier molecular flexibility index (Phi) is 3.81. The van der Waals surface area contributed by atoms with Crippen LogP contribution in [0.5, 0.6) is 0 Å². The molecule has 0 saturated carbocycles. The summed E-state index contributed by atoms with van der Waals surface area (Å²) in [5.74, 6) is 1.34. The molecule has 2 heterocycles. The summed E-state index contributed by atoms with van der Waals surface area (Å²) in [7, 11) is 0. The van der Waals surface area contributed by atoms with Gasteiger partial charge >= 0.3 is 0 Å². The summed E-state index contributed by atoms with van der Waals surface area (Å²) in [5, 5.41) is 6.96. The van der Waals surface area contributed by atoms with Gasteiger partial charge < -0.3 is 5.32 Å². The van der Waals surface area contributed by atoms with E-state index in [-0.39, 0.29) is 0 Å². The summed E-state index contributed by atoms with van der Waals surface area (Å²) >= 11 is 2.11. The highest BCUT2D eigenvalue weighted by Gasteiger charge is 2.14. The van der Waals surface area contributed by atoms with E-state index in [2.05, 4.69) is 46.3 Å². The molecule has 2 aromatic rings. The maximum atomic E-state index is 4.17. The van der Waals surface area contributed by atoms with Crippen molar-refractivity contribution in [3.63, 3.8) is 0 Å². The standard InChI is InChI=1S/C15H18N2S/c1-3-12-9-16-7-6-15(12)13(4-1)10-17-11-14-5-2-8-18-14/h1,3-4,6-7,9,14,17H,2,5,8,10-11H2. The third kappa shape index (κ3) is 2.68. The summed E-state index contributed by atoms with van der Waals surface area (Å²) in [6.45, 7) is 2.09. The molecule has 1 N–H and O–H groups in total. The number of thioether (sulfide) groups is 1. The van der Waals surface area contributed by atoms with Gasteiger partial charge in [-0.1, -0.05) is 18.2 Å². The maximum absolute atomic E-state index is 4.17. The van der Waals surface area contributed by atoms with Crippen LogP contribution >= 0.6 is 11.8 Å². The van der Waals surface area contributed by atoms with Crippen LogP contribution in [0.2, 0.25) is 0 Å². The molecule has 1 fully saturated rings. The van der Waals surface area contributed by atoms with Gasteiger partial charge in [0.15, 0.2) is 0 Å². The molecule has 2 nitrogen and oxygen atoms in total. The van der Waals surface area contributed by atoms with E-state index in [4.69, 9.17) is 0 Å². The molecule has 1 aliphatic rings. The Morgan fingerprint density at radius 3 is 3.22 bits per heavy atom. The highest BCUT2D eigenvalue weighted by atomic mass is 32.2. The van der Waals surface area contributed by atoms with Crippen LogP contribution in [-0.2, 0) is 6.54 Å². The molecule has 1 aromatic heterocycles. The molecule has 0 radical (unpaired) electrons. The second kappa shape index (κ2) is 5.72. The quantitative estimate of drug-likeness (QED) is 0.911. The molecule has 94 valence electrons. The second-order valence-corrected chi connectivity index (χ2v) is 6.19. The first-order chi connectivity index (χ1) is 8.93. The smallest absolute Gasteiger partial charge is 0.0346 e. The van der Waals surface area contributed by atoms with Crippen LogP contribution in [0.3, 0.4) is 0 Å². The number of pyridine rings is 1. The lowest BCUT2D eigenvalue weighted by molar-refractivity contribution is 0.648. The normalized spacial score (nSPS) is 19.4. The zero-order valence-corrected chi connectivity index (χ0v) is 11.2.